The number of anilines is 1. The summed E-state index contributed by atoms with van der Waals surface area (Å²) in [5.74, 6) is -4.26. The molecule has 4 N–H and O–H groups in total. The van der Waals surface area contributed by atoms with Crippen LogP contribution in [0.3, 0.4) is 0 Å². The molecular formula is C31H39F2N3O7. The van der Waals surface area contributed by atoms with Gasteiger partial charge in [0.05, 0.1) is 6.61 Å². The van der Waals surface area contributed by atoms with Crippen molar-refractivity contribution in [3.05, 3.63) is 69.8 Å². The van der Waals surface area contributed by atoms with Crippen molar-refractivity contribution in [2.75, 3.05) is 11.9 Å². The van der Waals surface area contributed by atoms with Gasteiger partial charge in [0.2, 0.25) is 6.23 Å². The number of hydrogen-bond acceptors (Lipinski definition) is 8. The molecule has 12 heteroatoms. The van der Waals surface area contributed by atoms with E-state index >= 15 is 0 Å². The lowest BCUT2D eigenvalue weighted by Gasteiger charge is -2.32. The van der Waals surface area contributed by atoms with Crippen molar-refractivity contribution in [1.29, 1.82) is 0 Å². The highest BCUT2D eigenvalue weighted by molar-refractivity contribution is 5.85. The number of rotatable bonds is 10. The smallest absolute Gasteiger partial charge is 0.418 e. The summed E-state index contributed by atoms with van der Waals surface area (Å²) < 4.78 is 40.2. The number of phenolic OH excluding ortho intramolecular Hbond substituents is 1. The van der Waals surface area contributed by atoms with Crippen LogP contribution in [0.1, 0.15) is 76.1 Å². The molecule has 43 heavy (non-hydrogen) atoms. The molecule has 4 rings (SSSR count). The number of ether oxygens (including phenoxy) is 2. The number of nitrogens with zero attached hydrogens (tertiary/aromatic N) is 2. The zero-order valence-corrected chi connectivity index (χ0v) is 24.6. The number of phenols is 1. The highest BCUT2D eigenvalue weighted by atomic mass is 19.3. The predicted octanol–water partition coefficient (Wildman–Crippen LogP) is 5.19. The van der Waals surface area contributed by atoms with Gasteiger partial charge in [-0.3, -0.25) is 9.88 Å². The number of carbonyl (C=O) groups excluding carboxylic acids is 1. The van der Waals surface area contributed by atoms with Crippen LogP contribution in [-0.2, 0) is 11.2 Å². The Morgan fingerprint density at radius 1 is 1.33 bits per heavy atom. The first-order valence-electron chi connectivity index (χ1n) is 14.5. The third-order valence-corrected chi connectivity index (χ3v) is 8.04. The van der Waals surface area contributed by atoms with E-state index in [-0.39, 0.29) is 29.2 Å². The summed E-state index contributed by atoms with van der Waals surface area (Å²) in [6, 6.07) is 4.53. The number of nitrogens with one attached hydrogen (secondary N) is 1. The molecule has 0 radical (unpaired) electrons. The van der Waals surface area contributed by atoms with E-state index in [4.69, 9.17) is 9.47 Å². The zero-order valence-electron chi connectivity index (χ0n) is 24.6. The van der Waals surface area contributed by atoms with Crippen molar-refractivity contribution in [2.45, 2.75) is 89.6 Å². The lowest BCUT2D eigenvalue weighted by Crippen LogP contribution is -2.41. The monoisotopic (exact) mass is 603 g/mol. The number of unbranched alkanes of at least 4 members (excludes halogenated alkanes) is 2. The molecule has 1 fully saturated rings. The van der Waals surface area contributed by atoms with Crippen LogP contribution >= 0.6 is 0 Å². The highest BCUT2D eigenvalue weighted by Crippen LogP contribution is 2.47. The van der Waals surface area contributed by atoms with Gasteiger partial charge in [0.1, 0.15) is 23.4 Å². The molecule has 234 valence electrons. The van der Waals surface area contributed by atoms with E-state index < -0.39 is 42.7 Å². The normalized spacial score (nSPS) is 24.8. The molecule has 1 aromatic carbocycles. The van der Waals surface area contributed by atoms with Crippen molar-refractivity contribution in [1.82, 2.24) is 9.55 Å². The van der Waals surface area contributed by atoms with Crippen LogP contribution in [0, 0.1) is 5.92 Å². The molecule has 5 atom stereocenters. The Morgan fingerprint density at radius 2 is 2.07 bits per heavy atom. The third kappa shape index (κ3) is 6.97. The molecule has 0 spiro atoms. The van der Waals surface area contributed by atoms with Crippen molar-refractivity contribution in [3.8, 4) is 11.5 Å². The van der Waals surface area contributed by atoms with E-state index in [9.17, 15) is 33.7 Å². The predicted molar refractivity (Wildman–Crippen MR) is 155 cm³/mol. The summed E-state index contributed by atoms with van der Waals surface area (Å²) in [5.41, 5.74) is 2.14. The summed E-state index contributed by atoms with van der Waals surface area (Å²) >= 11 is 0. The first-order chi connectivity index (χ1) is 20.4. The van der Waals surface area contributed by atoms with Crippen LogP contribution in [-0.4, -0.2) is 55.7 Å². The van der Waals surface area contributed by atoms with Crippen LogP contribution in [0.25, 0.3) is 0 Å². The molecule has 1 saturated heterocycles. The molecule has 10 nitrogen and oxygen atoms in total. The number of allylic oxidation sites excluding steroid dienone is 3. The third-order valence-electron chi connectivity index (χ3n) is 8.04. The molecule has 1 amide bonds. The van der Waals surface area contributed by atoms with Crippen LogP contribution < -0.4 is 15.7 Å². The van der Waals surface area contributed by atoms with Gasteiger partial charge in [-0.05, 0) is 69.2 Å². The van der Waals surface area contributed by atoms with Gasteiger partial charge in [-0.25, -0.2) is 9.59 Å². The average Bonchev–Trinajstić information content (AvgIpc) is 3.16. The fourth-order valence-electron chi connectivity index (χ4n) is 5.73. The van der Waals surface area contributed by atoms with E-state index in [1.165, 1.54) is 0 Å². The number of carbonyl (C=O) groups is 1. The van der Waals surface area contributed by atoms with Gasteiger partial charge in [0, 0.05) is 17.7 Å². The number of benzene rings is 1. The molecule has 2 heterocycles. The molecular weight excluding hydrogens is 564 g/mol. The second kappa shape index (κ2) is 13.4. The Labute approximate surface area is 248 Å². The summed E-state index contributed by atoms with van der Waals surface area (Å²) in [6.07, 6.45) is 1.16. The minimum Gasteiger partial charge on any atom is -0.507 e. The number of alkyl halides is 2. The topological polar surface area (TPSA) is 143 Å². The van der Waals surface area contributed by atoms with Gasteiger partial charge in [0.15, 0.2) is 6.10 Å². The summed E-state index contributed by atoms with van der Waals surface area (Å²) in [4.78, 5) is 29.3. The van der Waals surface area contributed by atoms with Crippen LogP contribution in [0.2, 0.25) is 0 Å². The standard InChI is InChI=1S/C31H39F2N3O7/c1-5-6-7-8-19-14-22(38)26(21-13-18(4)9-10-20(21)17(2)3)23(15-19)43-30(41)35-25-11-12-36(29(40)34-25)28-31(32,33)27(39)24(16-37)42-28/h11-15,20-21,24,27-28,37-39H,2,5-10,16H2,1,3-4H3,(H,34,35,40,41)/t20?,21?,24-,27+,28-/m1/s1. The number of amides is 1. The molecule has 1 aliphatic carbocycles. The first-order valence-corrected chi connectivity index (χ1v) is 14.5. The lowest BCUT2D eigenvalue weighted by molar-refractivity contribution is -0.140. The SMILES string of the molecule is C=C(C)C1CCC(C)=CC1c1c(O)cc(CCCCC)cc1OC(=O)Nc1ccn([C@@H]2O[C@H](CO)[C@H](O)C2(F)F)c(=O)n1. The van der Waals surface area contributed by atoms with Gasteiger partial charge < -0.3 is 24.8 Å². The maximum atomic E-state index is 14.5. The zero-order chi connectivity index (χ0) is 31.5. The molecule has 2 aromatic rings. The van der Waals surface area contributed by atoms with Crippen molar-refractivity contribution in [2.24, 2.45) is 5.92 Å². The summed E-state index contributed by atoms with van der Waals surface area (Å²) in [7, 11) is 0. The summed E-state index contributed by atoms with van der Waals surface area (Å²) in [6.45, 7) is 9.29. The first kappa shape index (κ1) is 32.3. The number of aliphatic hydroxyl groups excluding tert-OH is 2. The maximum absolute atomic E-state index is 14.5. The molecule has 1 aliphatic heterocycles. The molecule has 2 aliphatic rings. The van der Waals surface area contributed by atoms with Gasteiger partial charge in [-0.1, -0.05) is 43.6 Å². The van der Waals surface area contributed by atoms with Crippen molar-refractivity contribution in [3.63, 3.8) is 0 Å². The minimum absolute atomic E-state index is 0.000540. The highest BCUT2D eigenvalue weighted by Gasteiger charge is 2.59. The number of halogens is 2. The van der Waals surface area contributed by atoms with Gasteiger partial charge in [-0.15, -0.1) is 0 Å². The maximum Gasteiger partial charge on any atom is 0.418 e. The second-order valence-electron chi connectivity index (χ2n) is 11.4. The van der Waals surface area contributed by atoms with E-state index in [2.05, 4.69) is 29.9 Å². The average molecular weight is 604 g/mol. The van der Waals surface area contributed by atoms with Crippen LogP contribution in [0.5, 0.6) is 11.5 Å². The Balaban J connectivity index is 1.61. The fourth-order valence-corrected chi connectivity index (χ4v) is 5.73. The fraction of sp³-hybridized carbons (Fsp3) is 0.516. The number of aromatic nitrogens is 2. The summed E-state index contributed by atoms with van der Waals surface area (Å²) in [5, 5.41) is 32.5. The second-order valence-corrected chi connectivity index (χ2v) is 11.4. The van der Waals surface area contributed by atoms with Crippen LogP contribution in [0.15, 0.2) is 53.0 Å². The van der Waals surface area contributed by atoms with Crippen LogP contribution in [0.4, 0.5) is 19.4 Å². The van der Waals surface area contributed by atoms with E-state index in [1.807, 2.05) is 13.8 Å². The molecule has 0 saturated carbocycles. The number of aromatic hydroxyl groups is 1. The Morgan fingerprint density at radius 3 is 2.70 bits per heavy atom. The molecule has 2 unspecified atom stereocenters. The van der Waals surface area contributed by atoms with E-state index in [0.717, 1.165) is 61.1 Å². The quantitative estimate of drug-likeness (QED) is 0.215. The lowest BCUT2D eigenvalue weighted by atomic mass is 9.73. The number of aryl methyl sites for hydroxylation is 1. The molecule has 0 bridgehead atoms. The largest absolute Gasteiger partial charge is 0.507 e. The van der Waals surface area contributed by atoms with Crippen molar-refractivity contribution >= 4 is 11.9 Å². The van der Waals surface area contributed by atoms with Gasteiger partial charge >= 0.3 is 17.7 Å². The number of hydrogen-bond donors (Lipinski definition) is 4. The number of aliphatic hydroxyl groups is 2. The Hall–Kier alpha value is -3.61. The van der Waals surface area contributed by atoms with Crippen molar-refractivity contribution < 1.29 is 38.4 Å². The Bertz CT molecular complexity index is 1440. The minimum atomic E-state index is -3.87. The Kier molecular flexibility index (Phi) is 10.0. The van der Waals surface area contributed by atoms with Gasteiger partial charge in [-0.2, -0.15) is 13.8 Å². The van der Waals surface area contributed by atoms with Gasteiger partial charge in [0.25, 0.3) is 0 Å². The van der Waals surface area contributed by atoms with E-state index in [1.54, 1.807) is 12.1 Å². The van der Waals surface area contributed by atoms with E-state index in [0.29, 0.717) is 16.6 Å². The molecule has 1 aromatic heterocycles.